The van der Waals surface area contributed by atoms with Crippen molar-refractivity contribution < 1.29 is 9.72 Å². The predicted octanol–water partition coefficient (Wildman–Crippen LogP) is 3.44. The van der Waals surface area contributed by atoms with Gasteiger partial charge in [-0.1, -0.05) is 36.8 Å². The van der Waals surface area contributed by atoms with E-state index in [4.69, 9.17) is 0 Å². The molecule has 1 atom stereocenters. The Kier molecular flexibility index (Phi) is 5.71. The van der Waals surface area contributed by atoms with Gasteiger partial charge in [-0.25, -0.2) is 0 Å². The second-order valence-electron chi connectivity index (χ2n) is 5.58. The number of aromatic nitrogens is 2. The smallest absolute Gasteiger partial charge is 0.358 e. The zero-order valence-electron chi connectivity index (χ0n) is 13.7. The van der Waals surface area contributed by atoms with Crippen molar-refractivity contribution in [2.45, 2.75) is 39.8 Å². The van der Waals surface area contributed by atoms with Gasteiger partial charge in [0, 0.05) is 0 Å². The summed E-state index contributed by atoms with van der Waals surface area (Å²) in [5.74, 6) is -0.527. The molecule has 0 aliphatic rings. The maximum Gasteiger partial charge on any atom is 0.404 e. The highest BCUT2D eigenvalue weighted by Gasteiger charge is 2.25. The van der Waals surface area contributed by atoms with E-state index in [1.165, 1.54) is 4.68 Å². The number of nitro groups is 1. The molecule has 0 aliphatic heterocycles. The van der Waals surface area contributed by atoms with Gasteiger partial charge in [0.1, 0.15) is 11.0 Å². The molecule has 0 fully saturated rings. The van der Waals surface area contributed by atoms with Crippen LogP contribution >= 0.6 is 15.9 Å². The zero-order chi connectivity index (χ0) is 17.9. The first-order valence-corrected chi connectivity index (χ1v) is 8.36. The third-order valence-corrected chi connectivity index (χ3v) is 4.73. The van der Waals surface area contributed by atoms with Gasteiger partial charge in [0.25, 0.3) is 0 Å². The van der Waals surface area contributed by atoms with Crippen molar-refractivity contribution in [3.05, 3.63) is 55.7 Å². The van der Waals surface area contributed by atoms with Gasteiger partial charge in [0.15, 0.2) is 0 Å². The molecular weight excluding hydrogens is 376 g/mol. The highest BCUT2D eigenvalue weighted by Crippen LogP contribution is 2.27. The number of carbonyl (C=O) groups is 1. The Morgan fingerprint density at radius 2 is 2.00 bits per heavy atom. The van der Waals surface area contributed by atoms with Crippen LogP contribution < -0.4 is 5.32 Å². The Morgan fingerprint density at radius 1 is 1.38 bits per heavy atom. The summed E-state index contributed by atoms with van der Waals surface area (Å²) in [6, 6.07) is 7.88. The number of rotatable bonds is 6. The summed E-state index contributed by atoms with van der Waals surface area (Å²) in [7, 11) is 0. The minimum absolute atomic E-state index is 0.0688. The van der Waals surface area contributed by atoms with E-state index in [1.807, 2.05) is 38.1 Å². The summed E-state index contributed by atoms with van der Waals surface area (Å²) >= 11 is 3.14. The number of aryl methyl sites for hydroxylation is 1. The molecule has 1 aromatic carbocycles. The molecule has 1 amide bonds. The quantitative estimate of drug-likeness (QED) is 0.599. The first kappa shape index (κ1) is 18.1. The van der Waals surface area contributed by atoms with E-state index in [0.717, 1.165) is 17.5 Å². The van der Waals surface area contributed by atoms with Crippen LogP contribution in [0.5, 0.6) is 0 Å². The van der Waals surface area contributed by atoms with Gasteiger partial charge in [0.05, 0.1) is 16.8 Å². The van der Waals surface area contributed by atoms with Crippen LogP contribution in [-0.2, 0) is 11.3 Å². The Balaban J connectivity index is 2.11. The van der Waals surface area contributed by atoms with Crippen molar-refractivity contribution in [2.75, 3.05) is 0 Å². The van der Waals surface area contributed by atoms with Gasteiger partial charge in [-0.15, -0.1) is 0 Å². The normalized spacial score (nSPS) is 12.0. The van der Waals surface area contributed by atoms with Crippen molar-refractivity contribution >= 4 is 27.7 Å². The lowest BCUT2D eigenvalue weighted by atomic mass is 10.0. The summed E-state index contributed by atoms with van der Waals surface area (Å²) < 4.78 is 1.63. The maximum absolute atomic E-state index is 12.3. The van der Waals surface area contributed by atoms with Crippen LogP contribution in [0.3, 0.4) is 0 Å². The summed E-state index contributed by atoms with van der Waals surface area (Å²) in [5.41, 5.74) is 2.73. The van der Waals surface area contributed by atoms with E-state index in [-0.39, 0.29) is 24.3 Å². The van der Waals surface area contributed by atoms with Crippen molar-refractivity contribution in [1.82, 2.24) is 15.1 Å². The lowest BCUT2D eigenvalue weighted by Gasteiger charge is -2.17. The monoisotopic (exact) mass is 394 g/mol. The molecule has 1 N–H and O–H groups in total. The lowest BCUT2D eigenvalue weighted by molar-refractivity contribution is -0.390. The van der Waals surface area contributed by atoms with Gasteiger partial charge in [-0.05, 0) is 46.7 Å². The first-order valence-electron chi connectivity index (χ1n) is 7.56. The average Bonchev–Trinajstić information content (AvgIpc) is 2.82. The molecule has 8 heteroatoms. The highest BCUT2D eigenvalue weighted by molar-refractivity contribution is 9.10. The van der Waals surface area contributed by atoms with Crippen LogP contribution in [0.4, 0.5) is 5.82 Å². The SMILES string of the molecule is CCC(NC(=O)Cn1nc([N+](=O)[O-])c(Br)c1C)c1ccc(C)cc1. The van der Waals surface area contributed by atoms with Crippen molar-refractivity contribution in [3.63, 3.8) is 0 Å². The zero-order valence-corrected chi connectivity index (χ0v) is 15.3. The number of nitrogens with zero attached hydrogens (tertiary/aromatic N) is 3. The van der Waals surface area contributed by atoms with Crippen molar-refractivity contribution in [3.8, 4) is 0 Å². The lowest BCUT2D eigenvalue weighted by Crippen LogP contribution is -2.31. The van der Waals surface area contributed by atoms with Crippen molar-refractivity contribution in [2.24, 2.45) is 0 Å². The predicted molar refractivity (Wildman–Crippen MR) is 93.7 cm³/mol. The van der Waals surface area contributed by atoms with Crippen LogP contribution in [-0.4, -0.2) is 20.6 Å². The molecule has 0 saturated carbocycles. The molecule has 0 bridgehead atoms. The van der Waals surface area contributed by atoms with E-state index < -0.39 is 4.92 Å². The first-order chi connectivity index (χ1) is 11.3. The van der Waals surface area contributed by atoms with E-state index in [2.05, 4.69) is 26.3 Å². The van der Waals surface area contributed by atoms with Gasteiger partial charge in [-0.3, -0.25) is 4.79 Å². The van der Waals surface area contributed by atoms with Crippen LogP contribution in [0, 0.1) is 24.0 Å². The van der Waals surface area contributed by atoms with Crippen LogP contribution in [0.1, 0.15) is 36.2 Å². The number of hydrogen-bond donors (Lipinski definition) is 1. The Hall–Kier alpha value is -2.22. The summed E-state index contributed by atoms with van der Waals surface area (Å²) in [4.78, 5) is 22.6. The highest BCUT2D eigenvalue weighted by atomic mass is 79.9. The molecule has 24 heavy (non-hydrogen) atoms. The standard InChI is InChI=1S/C16H19BrN4O3/c1-4-13(12-7-5-10(2)6-8-12)18-14(22)9-20-11(3)15(17)16(19-20)21(23)24/h5-8,13H,4,9H2,1-3H3,(H,18,22). The number of carbonyl (C=O) groups excluding carboxylic acids is 1. The molecule has 7 nitrogen and oxygen atoms in total. The van der Waals surface area contributed by atoms with E-state index in [9.17, 15) is 14.9 Å². The van der Waals surface area contributed by atoms with E-state index in [0.29, 0.717) is 10.2 Å². The largest absolute Gasteiger partial charge is 0.404 e. The van der Waals surface area contributed by atoms with E-state index >= 15 is 0 Å². The Bertz CT molecular complexity index is 755. The van der Waals surface area contributed by atoms with Crippen LogP contribution in [0.25, 0.3) is 0 Å². The van der Waals surface area contributed by atoms with Gasteiger partial charge in [-0.2, -0.15) is 4.68 Å². The second kappa shape index (κ2) is 7.57. The van der Waals surface area contributed by atoms with Gasteiger partial charge in [0.2, 0.25) is 5.91 Å². The second-order valence-corrected chi connectivity index (χ2v) is 6.37. The van der Waals surface area contributed by atoms with Crippen LogP contribution in [0.2, 0.25) is 0 Å². The molecule has 1 aromatic heterocycles. The summed E-state index contributed by atoms with van der Waals surface area (Å²) in [5, 5.41) is 17.7. The Morgan fingerprint density at radius 3 is 2.50 bits per heavy atom. The fraction of sp³-hybridized carbons (Fsp3) is 0.375. The molecule has 128 valence electrons. The topological polar surface area (TPSA) is 90.1 Å². The number of nitrogens with one attached hydrogen (secondary N) is 1. The van der Waals surface area contributed by atoms with Crippen molar-refractivity contribution in [1.29, 1.82) is 0 Å². The minimum Gasteiger partial charge on any atom is -0.358 e. The number of amides is 1. The third-order valence-electron chi connectivity index (χ3n) is 3.81. The summed E-state index contributed by atoms with van der Waals surface area (Å²) in [6.45, 7) is 5.61. The fourth-order valence-corrected chi connectivity index (χ4v) is 2.80. The molecule has 2 rings (SSSR count). The molecule has 1 unspecified atom stereocenters. The van der Waals surface area contributed by atoms with E-state index in [1.54, 1.807) is 6.92 Å². The third kappa shape index (κ3) is 4.00. The Labute approximate surface area is 148 Å². The molecular formula is C16H19BrN4O3. The number of hydrogen-bond acceptors (Lipinski definition) is 4. The molecule has 2 aromatic rings. The fourth-order valence-electron chi connectivity index (χ4n) is 2.37. The molecule has 0 radical (unpaired) electrons. The summed E-state index contributed by atoms with van der Waals surface area (Å²) in [6.07, 6.45) is 0.747. The van der Waals surface area contributed by atoms with Gasteiger partial charge >= 0.3 is 5.82 Å². The molecule has 1 heterocycles. The molecule has 0 saturated heterocycles. The molecule has 0 aliphatic carbocycles. The number of benzene rings is 1. The number of halogens is 1. The van der Waals surface area contributed by atoms with Crippen LogP contribution in [0.15, 0.2) is 28.7 Å². The van der Waals surface area contributed by atoms with Gasteiger partial charge < -0.3 is 15.4 Å². The minimum atomic E-state index is -0.577. The average molecular weight is 395 g/mol. The maximum atomic E-state index is 12.3. The molecule has 0 spiro atoms.